The summed E-state index contributed by atoms with van der Waals surface area (Å²) in [5.41, 5.74) is 8.49. The smallest absolute Gasteiger partial charge is 0.407 e. The van der Waals surface area contributed by atoms with E-state index in [1.807, 2.05) is 84.2 Å². The minimum absolute atomic E-state index is 0.00799. The number of phenolic OH excluding ortho intramolecular Hbond substituents is 1. The van der Waals surface area contributed by atoms with Gasteiger partial charge in [-0.25, -0.2) is 24.2 Å². The largest absolute Gasteiger partial charge is 0.508 e. The van der Waals surface area contributed by atoms with Crippen LogP contribution in [-0.4, -0.2) is 264 Å². The van der Waals surface area contributed by atoms with Crippen molar-refractivity contribution >= 4 is 145 Å². The third kappa shape index (κ3) is 50.4. The highest BCUT2D eigenvalue weighted by molar-refractivity contribution is 8.76. The number of hydrogen-bond acceptors (Lipinski definition) is 29. The number of esters is 2. The monoisotopic (exact) mass is 2100 g/mol. The number of alkyl carbamates (subject to hydrolysis) is 1. The number of amides is 9. The lowest BCUT2D eigenvalue weighted by Gasteiger charge is -2.39. The van der Waals surface area contributed by atoms with Crippen molar-refractivity contribution in [2.75, 3.05) is 58.1 Å². The van der Waals surface area contributed by atoms with E-state index in [4.69, 9.17) is 25.1 Å². The van der Waals surface area contributed by atoms with Crippen molar-refractivity contribution in [1.29, 1.82) is 0 Å². The van der Waals surface area contributed by atoms with Crippen LogP contribution in [0.3, 0.4) is 0 Å². The maximum absolute atomic E-state index is 14.9. The fourth-order valence-electron chi connectivity index (χ4n) is 16.4. The van der Waals surface area contributed by atoms with Gasteiger partial charge in [-0.1, -0.05) is 207 Å². The molecule has 14 atom stereocenters. The number of Topliss-reactive ketones (excluding diaryl/α,β-unsaturated/α-hetero) is 4. The molecular formula is C103H152N12O28S3. The Morgan fingerprint density at radius 2 is 1.16 bits per heavy atom. The van der Waals surface area contributed by atoms with Crippen molar-refractivity contribution in [2.45, 2.75) is 309 Å². The zero-order valence-corrected chi connectivity index (χ0v) is 87.9. The number of nitrogens with zero attached hydrogens (tertiary/aromatic N) is 3. The van der Waals surface area contributed by atoms with E-state index >= 15 is 0 Å². The van der Waals surface area contributed by atoms with Gasteiger partial charge >= 0.3 is 53.9 Å². The lowest BCUT2D eigenvalue weighted by molar-refractivity contribution is -0.162. The third-order valence-electron chi connectivity index (χ3n) is 24.9. The Balaban J connectivity index is 0.000000626. The van der Waals surface area contributed by atoms with Gasteiger partial charge in [0, 0.05) is 118 Å². The van der Waals surface area contributed by atoms with Crippen molar-refractivity contribution in [3.8, 4) is 5.75 Å². The quantitative estimate of drug-likeness (QED) is 0.00642. The number of ketones is 4. The minimum atomic E-state index is -1.58. The first-order chi connectivity index (χ1) is 69.5. The second-order valence-electron chi connectivity index (χ2n) is 37.1. The van der Waals surface area contributed by atoms with Gasteiger partial charge in [0.15, 0.2) is 36.0 Å². The summed E-state index contributed by atoms with van der Waals surface area (Å²) in [5, 5.41) is 78.4. The highest BCUT2D eigenvalue weighted by Gasteiger charge is 2.42. The molecule has 146 heavy (non-hydrogen) atoms. The van der Waals surface area contributed by atoms with Gasteiger partial charge in [0.05, 0.1) is 43.6 Å². The molecule has 0 saturated carbocycles. The number of aliphatic carboxylic acids is 5. The van der Waals surface area contributed by atoms with Crippen LogP contribution in [0.15, 0.2) is 90.3 Å². The lowest BCUT2D eigenvalue weighted by Crippen LogP contribution is -2.53. The number of aromatic nitrogens is 1. The molecule has 3 aromatic carbocycles. The molecule has 0 spiro atoms. The van der Waals surface area contributed by atoms with E-state index < -0.39 is 193 Å². The van der Waals surface area contributed by atoms with E-state index in [2.05, 4.69) is 47.1 Å². The van der Waals surface area contributed by atoms with Crippen LogP contribution in [0.25, 0.3) is 0 Å². The van der Waals surface area contributed by atoms with E-state index in [9.17, 15) is 117 Å². The minimum Gasteiger partial charge on any atom is -0.508 e. The molecule has 0 bridgehead atoms. The summed E-state index contributed by atoms with van der Waals surface area (Å²) in [4.78, 5) is 251. The fraction of sp³-hybridized carbons (Fsp3) is 0.612. The van der Waals surface area contributed by atoms with Crippen molar-refractivity contribution in [1.82, 2.24) is 57.3 Å². The summed E-state index contributed by atoms with van der Waals surface area (Å²) in [5.74, 6) is -15.4. The van der Waals surface area contributed by atoms with E-state index in [0.717, 1.165) is 105 Å². The third-order valence-corrected chi connectivity index (χ3v) is 28.4. The zero-order chi connectivity index (χ0) is 108. The molecule has 0 aliphatic carbocycles. The molecule has 9 amide bonds. The number of carboxylic acid groups (broad SMARTS) is 5. The Morgan fingerprint density at radius 3 is 1.72 bits per heavy atom. The van der Waals surface area contributed by atoms with Crippen LogP contribution in [-0.2, 0) is 110 Å². The highest BCUT2D eigenvalue weighted by Crippen LogP contribution is 2.35. The van der Waals surface area contributed by atoms with E-state index in [1.54, 1.807) is 61.7 Å². The molecular weight excluding hydrogens is 1950 g/mol. The first-order valence-corrected chi connectivity index (χ1v) is 53.6. The van der Waals surface area contributed by atoms with Crippen LogP contribution in [0.4, 0.5) is 9.59 Å². The first kappa shape index (κ1) is 126. The van der Waals surface area contributed by atoms with Gasteiger partial charge in [-0.2, -0.15) is 0 Å². The molecule has 810 valence electrons. The number of hydrogen-bond donors (Lipinski definition) is 15. The number of carbonyl (C=O) groups is 19. The Kier molecular flexibility index (Phi) is 60.6. The van der Waals surface area contributed by atoms with Crippen LogP contribution in [0.1, 0.15) is 274 Å². The molecule has 40 nitrogen and oxygen atoms in total. The Morgan fingerprint density at radius 1 is 0.568 bits per heavy atom. The number of likely N-dealkylation sites (tertiary alicyclic amines) is 1. The van der Waals surface area contributed by atoms with E-state index in [1.165, 1.54) is 45.5 Å². The summed E-state index contributed by atoms with van der Waals surface area (Å²) in [7, 11) is 4.60. The Labute approximate surface area is 865 Å². The highest BCUT2D eigenvalue weighted by atomic mass is 33.1. The lowest BCUT2D eigenvalue weighted by atomic mass is 9.82. The number of aromatic hydroxyl groups is 1. The van der Waals surface area contributed by atoms with Crippen LogP contribution in [0.2, 0.25) is 0 Å². The van der Waals surface area contributed by atoms with Crippen molar-refractivity contribution in [3.05, 3.63) is 118 Å². The van der Waals surface area contributed by atoms with Gasteiger partial charge in [-0.15, -0.1) is 11.3 Å². The number of urea groups is 1. The summed E-state index contributed by atoms with van der Waals surface area (Å²) in [6.07, 6.45) is 9.09. The van der Waals surface area contributed by atoms with E-state index in [0.29, 0.717) is 49.4 Å². The molecule has 43 heteroatoms. The molecule has 4 aromatic rings. The number of unbranched alkanes of at least 4 members (excludes halogenated alkanes) is 9. The van der Waals surface area contributed by atoms with E-state index in [-0.39, 0.29) is 143 Å². The Hall–Kier alpha value is -12.0. The van der Waals surface area contributed by atoms with Crippen LogP contribution >= 0.6 is 32.9 Å². The maximum atomic E-state index is 14.9. The first-order valence-electron chi connectivity index (χ1n) is 50.3. The SMILES string of the molecule is CCCC(=O)OCN(C(=O)[C@@H](CC(=O)[C@H]1CCCCN1C)C(C)CC)[C@H](C[C@@H](OC(C)=O)c1nc(C(=O)N[C@@H](Cc2ccc(O)cc2)C[C@H](C)C(=O)CNC(=O)OCC)cs1)C(C)C.CCSSC[C@@H](CC(=O)[C@H](CC(=O)O)NC(=O)[C@@H](N)CNC(=O)[C@@H](CC(=O)[C@H](Cc1ccccc1)NC(=O)CCCCCCCCCCCCNC(=O)CC[C@H](NC(=O)N[C@@H](CCC(=O)O)C(=O)O)C(=O)O)Cc1ccccc1)C(=O)O. The summed E-state index contributed by atoms with van der Waals surface area (Å²) in [6, 6.07) is 14.9. The van der Waals surface area contributed by atoms with Gasteiger partial charge in [0.25, 0.3) is 5.91 Å². The molecule has 1 aliphatic rings. The number of rotatable bonds is 72. The van der Waals surface area contributed by atoms with Gasteiger partial charge < -0.3 is 98.0 Å². The second-order valence-corrected chi connectivity index (χ2v) is 40.8. The number of thiazole rings is 1. The molecule has 1 saturated heterocycles. The zero-order valence-electron chi connectivity index (χ0n) is 85.5. The average Bonchev–Trinajstić information content (AvgIpc) is 1.24. The number of nitrogens with two attached hydrogens (primary N) is 1. The number of carboxylic acids is 5. The molecule has 5 rings (SSSR count). The Bertz CT molecular complexity index is 4820. The maximum Gasteiger partial charge on any atom is 0.407 e. The molecule has 1 fully saturated rings. The molecule has 1 unspecified atom stereocenters. The molecule has 2 heterocycles. The second kappa shape index (κ2) is 70.0. The number of ether oxygens (including phenoxy) is 3. The van der Waals surface area contributed by atoms with Gasteiger partial charge in [0.2, 0.25) is 29.5 Å². The number of benzene rings is 3. The van der Waals surface area contributed by atoms with Gasteiger partial charge in [-0.05, 0) is 132 Å². The summed E-state index contributed by atoms with van der Waals surface area (Å²) < 4.78 is 16.4. The number of carbonyl (C=O) groups excluding carboxylic acids is 14. The molecule has 16 N–H and O–H groups in total. The molecule has 0 radical (unpaired) electrons. The molecule has 1 aromatic heterocycles. The van der Waals surface area contributed by atoms with Crippen molar-refractivity contribution < 1.29 is 136 Å². The fourth-order valence-corrected chi connectivity index (χ4v) is 19.2. The van der Waals surface area contributed by atoms with Crippen molar-refractivity contribution in [2.24, 2.45) is 41.2 Å². The van der Waals surface area contributed by atoms with Crippen LogP contribution < -0.4 is 48.3 Å². The summed E-state index contributed by atoms with van der Waals surface area (Å²) >= 11 is 1.11. The topological polar surface area (TPSA) is 615 Å². The standard InChI is InChI=1S/C56H81N7O17S2.C47H71N5O11S/c1-2-81-82-35-39(53(74)75)32-46(65)44(33-50(70)71)61-52(73)40(57)34-59-51(72)38(29-36-19-13-11-14-20-36)31-45(64)43(30-37-21-15-12-16-22-37)60-48(67)23-17-9-7-5-3-4-6-8-10-18-28-58-47(66)26-24-41(54(76)77)62-56(80)63-42(55(78)79)25-27-49(68)69;1-10-15-43(57)62-28-52(46(59)36(30(6)11-2)24-40(55)38-16-13-14-21-51(38)9)39(29(4)5)25-42(63-32(8)53)45-50-37(27-64-45)44(58)49-34(23-33-17-19-35(54)20-18-33)22-31(7)41(56)26-48-47(60)61-12-3/h11-16,19-22,38-44H,2-10,17-18,23-35,57H2,1H3,(H,58,66)(H,59,72)(H,60,67)(H,61,73)(H,68,69)(H,70,71)(H,74,75)(H,76,77)(H,78,79)(H2,62,63,80);17-20,27,29-31,34,36,38-39,42,54H,10-16,21-26,28H2,1-9H3,(H,48,60)(H,49,58)/t38-,39-,40+,41+,42+,43+,44+;30?,31-,34+,36-,38+,39+,42+/m10/s1. The summed E-state index contributed by atoms with van der Waals surface area (Å²) in [6.45, 7) is 16.4. The van der Waals surface area contributed by atoms with Crippen molar-refractivity contribution in [3.63, 3.8) is 0 Å². The average molecular weight is 2100 g/mol. The van der Waals surface area contributed by atoms with Crippen LogP contribution in [0, 0.1) is 35.5 Å². The van der Waals surface area contributed by atoms with Gasteiger partial charge in [-0.3, -0.25) is 76.8 Å². The number of piperidine rings is 1. The normalized spacial score (nSPS) is 15.0. The number of nitrogens with one attached hydrogen (secondary N) is 8. The van der Waals surface area contributed by atoms with Gasteiger partial charge in [0.1, 0.15) is 34.6 Å². The number of likely N-dealkylation sites (N-methyl/N-ethyl adjacent to an activating group) is 1. The number of phenols is 1. The predicted octanol–water partition coefficient (Wildman–Crippen LogP) is 11.0. The predicted molar refractivity (Wildman–Crippen MR) is 549 cm³/mol. The van der Waals surface area contributed by atoms with Crippen LogP contribution in [0.5, 0.6) is 5.75 Å². The molecule has 1 aliphatic heterocycles.